The molecule has 2 aromatic carbocycles. The third kappa shape index (κ3) is 8.47. The number of nitriles is 1. The maximum Gasteiger partial charge on any atom is 0.328 e. The highest BCUT2D eigenvalue weighted by molar-refractivity contribution is 5.94. The predicted molar refractivity (Wildman–Crippen MR) is 123 cm³/mol. The molecular weight excluding hydrogens is 424 g/mol. The van der Waals surface area contributed by atoms with Crippen LogP contribution in [-0.4, -0.2) is 65.8 Å². The summed E-state index contributed by atoms with van der Waals surface area (Å²) in [6, 6.07) is 17.6. The van der Waals surface area contributed by atoms with Crippen LogP contribution in [0.5, 0.6) is 0 Å². The zero-order valence-electron chi connectivity index (χ0n) is 18.3. The van der Waals surface area contributed by atoms with Crippen molar-refractivity contribution in [1.82, 2.24) is 10.2 Å². The van der Waals surface area contributed by atoms with Crippen LogP contribution in [0, 0.1) is 18.3 Å². The lowest BCUT2D eigenvalue weighted by Crippen LogP contribution is -2.50. The van der Waals surface area contributed by atoms with Crippen LogP contribution >= 0.6 is 0 Å². The Kier molecular flexibility index (Phi) is 9.61. The summed E-state index contributed by atoms with van der Waals surface area (Å²) in [5, 5.41) is 27.9. The molecule has 2 aromatic rings. The molecule has 0 unspecified atom stereocenters. The molecule has 0 radical (unpaired) electrons. The minimum Gasteiger partial charge on any atom is -0.478 e. The minimum absolute atomic E-state index is 0.0408. The number of aryl methyl sites for hydroxylation is 1. The van der Waals surface area contributed by atoms with Crippen molar-refractivity contribution in [3.05, 3.63) is 77.4 Å². The van der Waals surface area contributed by atoms with Gasteiger partial charge in [-0.3, -0.25) is 9.69 Å². The van der Waals surface area contributed by atoms with Crippen molar-refractivity contribution >= 4 is 23.5 Å². The Balaban J connectivity index is 0.000000414. The van der Waals surface area contributed by atoms with Crippen LogP contribution in [0.4, 0.5) is 5.69 Å². The topological polar surface area (TPSA) is 134 Å². The zero-order chi connectivity index (χ0) is 24.2. The number of para-hydroxylation sites is 1. The number of carbonyl (C=O) groups is 3. The van der Waals surface area contributed by atoms with E-state index in [0.29, 0.717) is 29.9 Å². The van der Waals surface area contributed by atoms with E-state index in [0.717, 1.165) is 37.4 Å². The third-order valence-corrected chi connectivity index (χ3v) is 4.85. The summed E-state index contributed by atoms with van der Waals surface area (Å²) in [5.74, 6) is -2.55. The van der Waals surface area contributed by atoms with Gasteiger partial charge in [-0.1, -0.05) is 29.8 Å². The van der Waals surface area contributed by atoms with Gasteiger partial charge in [0.15, 0.2) is 0 Å². The molecule has 1 aliphatic rings. The molecule has 0 aromatic heterocycles. The summed E-state index contributed by atoms with van der Waals surface area (Å²) < 4.78 is 0. The molecule has 172 valence electrons. The Morgan fingerprint density at radius 2 is 1.64 bits per heavy atom. The maximum atomic E-state index is 12.2. The molecule has 0 atom stereocenters. The van der Waals surface area contributed by atoms with Gasteiger partial charge in [0.05, 0.1) is 17.9 Å². The summed E-state index contributed by atoms with van der Waals surface area (Å²) in [5.41, 5.74) is 3.48. The third-order valence-electron chi connectivity index (χ3n) is 4.85. The highest BCUT2D eigenvalue weighted by atomic mass is 16.4. The molecule has 0 aliphatic carbocycles. The van der Waals surface area contributed by atoms with Crippen molar-refractivity contribution in [2.24, 2.45) is 0 Å². The van der Waals surface area contributed by atoms with Crippen molar-refractivity contribution in [3.63, 3.8) is 0 Å². The lowest BCUT2D eigenvalue weighted by molar-refractivity contribution is -0.134. The van der Waals surface area contributed by atoms with Crippen molar-refractivity contribution in [1.29, 1.82) is 5.26 Å². The van der Waals surface area contributed by atoms with Crippen LogP contribution < -0.4 is 10.2 Å². The Bertz CT molecular complexity index is 1040. The van der Waals surface area contributed by atoms with Gasteiger partial charge in [-0.15, -0.1) is 0 Å². The number of nitrogens with zero attached hydrogens (tertiary/aromatic N) is 3. The van der Waals surface area contributed by atoms with E-state index in [-0.39, 0.29) is 5.91 Å². The summed E-state index contributed by atoms with van der Waals surface area (Å²) >= 11 is 0. The van der Waals surface area contributed by atoms with Crippen LogP contribution in [0.3, 0.4) is 0 Å². The first kappa shape index (κ1) is 25.1. The molecule has 1 amide bonds. The predicted octanol–water partition coefficient (Wildman–Crippen LogP) is 2.09. The van der Waals surface area contributed by atoms with Crippen molar-refractivity contribution in [3.8, 4) is 6.07 Å². The number of aliphatic carboxylic acids is 2. The summed E-state index contributed by atoms with van der Waals surface area (Å²) in [7, 11) is 0. The lowest BCUT2D eigenvalue weighted by atomic mass is 10.1. The average molecular weight is 450 g/mol. The summed E-state index contributed by atoms with van der Waals surface area (Å²) in [6.45, 7) is 5.93. The quantitative estimate of drug-likeness (QED) is 0.570. The molecule has 3 N–H and O–H groups in total. The molecule has 1 fully saturated rings. The van der Waals surface area contributed by atoms with Crippen molar-refractivity contribution in [2.75, 3.05) is 37.7 Å². The number of rotatable bonds is 6. The monoisotopic (exact) mass is 450 g/mol. The van der Waals surface area contributed by atoms with Gasteiger partial charge in [-0.25, -0.2) is 9.59 Å². The van der Waals surface area contributed by atoms with E-state index in [1.165, 1.54) is 0 Å². The van der Waals surface area contributed by atoms with E-state index in [9.17, 15) is 19.6 Å². The van der Waals surface area contributed by atoms with Crippen LogP contribution in [0.2, 0.25) is 0 Å². The zero-order valence-corrected chi connectivity index (χ0v) is 18.3. The largest absolute Gasteiger partial charge is 0.478 e. The molecule has 33 heavy (non-hydrogen) atoms. The number of carboxylic acids is 2. The van der Waals surface area contributed by atoms with Gasteiger partial charge in [0.25, 0.3) is 5.91 Å². The number of piperazine rings is 1. The number of hydrogen-bond acceptors (Lipinski definition) is 6. The highest BCUT2D eigenvalue weighted by Crippen LogP contribution is 2.20. The molecule has 3 rings (SSSR count). The van der Waals surface area contributed by atoms with Crippen LogP contribution in [0.1, 0.15) is 21.5 Å². The van der Waals surface area contributed by atoms with Gasteiger partial charge in [0.2, 0.25) is 0 Å². The second-order valence-electron chi connectivity index (χ2n) is 7.28. The fraction of sp³-hybridized carbons (Fsp3) is 0.250. The number of carboxylic acid groups (broad SMARTS) is 2. The first-order chi connectivity index (χ1) is 15.8. The fourth-order valence-corrected chi connectivity index (χ4v) is 3.21. The van der Waals surface area contributed by atoms with Gasteiger partial charge in [0.1, 0.15) is 6.07 Å². The van der Waals surface area contributed by atoms with Gasteiger partial charge in [-0.2, -0.15) is 5.26 Å². The Hall–Kier alpha value is -4.16. The highest BCUT2D eigenvalue weighted by Gasteiger charge is 2.19. The lowest BCUT2D eigenvalue weighted by Gasteiger charge is -2.36. The second kappa shape index (κ2) is 12.6. The van der Waals surface area contributed by atoms with Crippen molar-refractivity contribution < 1.29 is 24.6 Å². The first-order valence-corrected chi connectivity index (χ1v) is 10.3. The average Bonchev–Trinajstić information content (AvgIpc) is 2.82. The van der Waals surface area contributed by atoms with E-state index in [2.05, 4.69) is 21.2 Å². The number of carbonyl (C=O) groups excluding carboxylic acids is 1. The number of benzene rings is 2. The smallest absolute Gasteiger partial charge is 0.328 e. The Labute approximate surface area is 192 Å². The molecule has 0 bridgehead atoms. The minimum atomic E-state index is -1.26. The van der Waals surface area contributed by atoms with Crippen LogP contribution in [0.25, 0.3) is 0 Å². The molecule has 9 heteroatoms. The first-order valence-electron chi connectivity index (χ1n) is 10.3. The number of nitrogens with one attached hydrogen (secondary N) is 1. The number of hydrogen-bond donors (Lipinski definition) is 3. The Morgan fingerprint density at radius 3 is 2.21 bits per heavy atom. The summed E-state index contributed by atoms with van der Waals surface area (Å²) in [6.07, 6.45) is 1.12. The molecule has 1 heterocycles. The van der Waals surface area contributed by atoms with Crippen LogP contribution in [0.15, 0.2) is 60.7 Å². The fourth-order valence-electron chi connectivity index (χ4n) is 3.21. The second-order valence-corrected chi connectivity index (χ2v) is 7.28. The standard InChI is InChI=1S/C20H22N4O.C4H4O4/c1-16-5-4-7-17(13-16)20(25)22-15-23-9-11-24(12-10-23)19-8-3-2-6-18(19)14-21;5-3(6)1-2-4(7)8/h2-8,13H,9-12,15H2,1H3,(H,22,25);1-2H,(H,5,6)(H,7,8). The molecule has 1 aliphatic heterocycles. The maximum absolute atomic E-state index is 12.2. The van der Waals surface area contributed by atoms with Crippen LogP contribution in [-0.2, 0) is 9.59 Å². The van der Waals surface area contributed by atoms with E-state index >= 15 is 0 Å². The van der Waals surface area contributed by atoms with E-state index in [4.69, 9.17) is 10.2 Å². The van der Waals surface area contributed by atoms with Crippen molar-refractivity contribution in [2.45, 2.75) is 6.92 Å². The van der Waals surface area contributed by atoms with E-state index in [1.807, 2.05) is 55.5 Å². The summed E-state index contributed by atoms with van der Waals surface area (Å²) in [4.78, 5) is 35.8. The SMILES string of the molecule is Cc1cccc(C(=O)NCN2CCN(c3ccccc3C#N)CC2)c1.O=C(O)C=CC(=O)O. The normalized spacial score (nSPS) is 13.5. The van der Waals surface area contributed by atoms with E-state index < -0.39 is 11.9 Å². The number of anilines is 1. The van der Waals surface area contributed by atoms with Gasteiger partial charge in [0, 0.05) is 43.9 Å². The Morgan fingerprint density at radius 1 is 1.00 bits per heavy atom. The molecular formula is C24H26N4O5. The molecule has 0 saturated carbocycles. The molecule has 9 nitrogen and oxygen atoms in total. The molecule has 0 spiro atoms. The van der Waals surface area contributed by atoms with E-state index in [1.54, 1.807) is 0 Å². The number of amides is 1. The van der Waals surface area contributed by atoms with Gasteiger partial charge < -0.3 is 20.4 Å². The van der Waals surface area contributed by atoms with Gasteiger partial charge >= 0.3 is 11.9 Å². The van der Waals surface area contributed by atoms with Gasteiger partial charge in [-0.05, 0) is 31.2 Å². The molecule has 1 saturated heterocycles.